The number of carbonyl (C=O) groups excluding carboxylic acids is 1. The van der Waals surface area contributed by atoms with Crippen LogP contribution in [0.3, 0.4) is 0 Å². The molecule has 0 unspecified atom stereocenters. The van der Waals surface area contributed by atoms with Crippen LogP contribution in [0.5, 0.6) is 0 Å². The van der Waals surface area contributed by atoms with Gasteiger partial charge in [0.05, 0.1) is 15.9 Å². The molecule has 0 spiro atoms. The van der Waals surface area contributed by atoms with Gasteiger partial charge in [-0.15, -0.1) is 0 Å². The van der Waals surface area contributed by atoms with Gasteiger partial charge in [-0.1, -0.05) is 42.7 Å². The number of carbonyl (C=O) groups is 1. The SMILES string of the molecule is Cc1ccc(CNC(=O)C2CCN(S(=O)(=O)c3ccc4c(c3)nc(C)n4C3CCCC3)CC2)cc1. The van der Waals surface area contributed by atoms with Gasteiger partial charge in [0.25, 0.3) is 0 Å². The Morgan fingerprint density at radius 1 is 1.00 bits per heavy atom. The van der Waals surface area contributed by atoms with E-state index in [0.717, 1.165) is 35.3 Å². The summed E-state index contributed by atoms with van der Waals surface area (Å²) in [6.07, 6.45) is 5.82. The molecule has 3 aromatic rings. The van der Waals surface area contributed by atoms with Crippen molar-refractivity contribution >= 4 is 27.0 Å². The van der Waals surface area contributed by atoms with Crippen LogP contribution in [0.4, 0.5) is 0 Å². The molecule has 186 valence electrons. The first-order valence-corrected chi connectivity index (χ1v) is 14.1. The Morgan fingerprint density at radius 3 is 2.37 bits per heavy atom. The zero-order chi connectivity index (χ0) is 24.6. The molecule has 1 N–H and O–H groups in total. The van der Waals surface area contributed by atoms with Crippen LogP contribution in [-0.4, -0.2) is 41.3 Å². The van der Waals surface area contributed by atoms with Crippen LogP contribution >= 0.6 is 0 Å². The summed E-state index contributed by atoms with van der Waals surface area (Å²) < 4.78 is 30.6. The van der Waals surface area contributed by atoms with Gasteiger partial charge in [0.1, 0.15) is 5.82 Å². The number of nitrogens with zero attached hydrogens (tertiary/aromatic N) is 3. The second-order valence-electron chi connectivity index (χ2n) is 10.00. The van der Waals surface area contributed by atoms with Crippen LogP contribution in [0.1, 0.15) is 61.5 Å². The minimum absolute atomic E-state index is 0.00281. The lowest BCUT2D eigenvalue weighted by Crippen LogP contribution is -2.42. The van der Waals surface area contributed by atoms with Crippen LogP contribution < -0.4 is 5.32 Å². The summed E-state index contributed by atoms with van der Waals surface area (Å²) in [5, 5.41) is 3.01. The van der Waals surface area contributed by atoms with Gasteiger partial charge in [-0.2, -0.15) is 4.31 Å². The number of amides is 1. The largest absolute Gasteiger partial charge is 0.352 e. The van der Waals surface area contributed by atoms with Crippen molar-refractivity contribution in [2.45, 2.75) is 69.9 Å². The number of rotatable bonds is 6. The molecule has 0 bridgehead atoms. The molecular weight excluding hydrogens is 460 g/mol. The minimum Gasteiger partial charge on any atom is -0.352 e. The second kappa shape index (κ2) is 9.74. The van der Waals surface area contributed by atoms with Gasteiger partial charge >= 0.3 is 0 Å². The van der Waals surface area contributed by atoms with Crippen LogP contribution in [0.2, 0.25) is 0 Å². The van der Waals surface area contributed by atoms with E-state index < -0.39 is 10.0 Å². The highest BCUT2D eigenvalue weighted by Crippen LogP contribution is 2.34. The van der Waals surface area contributed by atoms with Gasteiger partial charge in [0, 0.05) is 31.6 Å². The van der Waals surface area contributed by atoms with Crippen molar-refractivity contribution in [3.05, 3.63) is 59.4 Å². The summed E-state index contributed by atoms with van der Waals surface area (Å²) in [5.41, 5.74) is 3.99. The summed E-state index contributed by atoms with van der Waals surface area (Å²) in [4.78, 5) is 17.6. The summed E-state index contributed by atoms with van der Waals surface area (Å²) >= 11 is 0. The van der Waals surface area contributed by atoms with Gasteiger partial charge in [-0.05, 0) is 63.3 Å². The van der Waals surface area contributed by atoms with Crippen LogP contribution in [0.15, 0.2) is 47.4 Å². The van der Waals surface area contributed by atoms with Crippen LogP contribution in [-0.2, 0) is 21.4 Å². The Labute approximate surface area is 207 Å². The maximum atomic E-state index is 13.4. The lowest BCUT2D eigenvalue weighted by atomic mass is 9.97. The molecule has 2 heterocycles. The van der Waals surface area contributed by atoms with E-state index >= 15 is 0 Å². The number of sulfonamides is 1. The molecule has 0 atom stereocenters. The molecule has 1 saturated heterocycles. The normalized spacial score (nSPS) is 18.3. The van der Waals surface area contributed by atoms with E-state index in [2.05, 4.69) is 14.9 Å². The van der Waals surface area contributed by atoms with Gasteiger partial charge in [-0.25, -0.2) is 13.4 Å². The first-order valence-electron chi connectivity index (χ1n) is 12.6. The number of piperidine rings is 1. The van der Waals surface area contributed by atoms with E-state index in [1.165, 1.54) is 22.7 Å². The highest BCUT2D eigenvalue weighted by Gasteiger charge is 2.32. The number of aryl methyl sites for hydroxylation is 2. The molecule has 1 aliphatic carbocycles. The molecule has 35 heavy (non-hydrogen) atoms. The van der Waals surface area contributed by atoms with E-state index in [1.54, 1.807) is 12.1 Å². The summed E-state index contributed by atoms with van der Waals surface area (Å²) in [6, 6.07) is 13.9. The molecule has 5 rings (SSSR count). The van der Waals surface area contributed by atoms with Gasteiger partial charge < -0.3 is 9.88 Å². The Kier molecular flexibility index (Phi) is 6.68. The quantitative estimate of drug-likeness (QED) is 0.547. The molecule has 8 heteroatoms. The maximum absolute atomic E-state index is 13.4. The first kappa shape index (κ1) is 24.0. The van der Waals surface area contributed by atoms with Crippen molar-refractivity contribution in [2.24, 2.45) is 5.92 Å². The van der Waals surface area contributed by atoms with E-state index in [0.29, 0.717) is 38.5 Å². The average Bonchev–Trinajstić information content (AvgIpc) is 3.49. The third-order valence-electron chi connectivity index (χ3n) is 7.58. The topological polar surface area (TPSA) is 84.3 Å². The predicted molar refractivity (Wildman–Crippen MR) is 136 cm³/mol. The number of benzene rings is 2. The standard InChI is InChI=1S/C27H34N4O3S/c1-19-7-9-21(10-8-19)18-28-27(32)22-13-15-30(16-14-22)35(33,34)24-11-12-26-25(17-24)29-20(2)31(26)23-5-3-4-6-23/h7-12,17,22-23H,3-6,13-16,18H2,1-2H3,(H,28,32). The van der Waals surface area contributed by atoms with Crippen molar-refractivity contribution in [1.29, 1.82) is 0 Å². The highest BCUT2D eigenvalue weighted by molar-refractivity contribution is 7.89. The lowest BCUT2D eigenvalue weighted by Gasteiger charge is -2.30. The first-order chi connectivity index (χ1) is 16.8. The van der Waals surface area contributed by atoms with Gasteiger partial charge in [-0.3, -0.25) is 4.79 Å². The number of aromatic nitrogens is 2. The third-order valence-corrected chi connectivity index (χ3v) is 9.47. The zero-order valence-corrected chi connectivity index (χ0v) is 21.4. The Morgan fingerprint density at radius 2 is 1.69 bits per heavy atom. The van der Waals surface area contributed by atoms with Crippen molar-refractivity contribution in [1.82, 2.24) is 19.2 Å². The molecule has 2 aromatic carbocycles. The van der Waals surface area contributed by atoms with Crippen LogP contribution in [0.25, 0.3) is 11.0 Å². The molecule has 1 saturated carbocycles. The van der Waals surface area contributed by atoms with E-state index in [1.807, 2.05) is 44.2 Å². The third kappa shape index (κ3) is 4.86. The monoisotopic (exact) mass is 494 g/mol. The smallest absolute Gasteiger partial charge is 0.243 e. The Hall–Kier alpha value is -2.71. The predicted octanol–water partition coefficient (Wildman–Crippen LogP) is 4.49. The zero-order valence-electron chi connectivity index (χ0n) is 20.5. The number of nitrogens with one attached hydrogen (secondary N) is 1. The minimum atomic E-state index is -3.63. The fraction of sp³-hybridized carbons (Fsp3) is 0.481. The summed E-state index contributed by atoms with van der Waals surface area (Å²) in [7, 11) is -3.63. The van der Waals surface area contributed by atoms with Gasteiger partial charge in [0.15, 0.2) is 0 Å². The van der Waals surface area contributed by atoms with Gasteiger partial charge in [0.2, 0.25) is 15.9 Å². The van der Waals surface area contributed by atoms with E-state index in [9.17, 15) is 13.2 Å². The molecule has 2 fully saturated rings. The number of fused-ring (bicyclic) bond motifs is 1. The Balaban J connectivity index is 1.23. The molecule has 7 nitrogen and oxygen atoms in total. The molecule has 1 aliphatic heterocycles. The maximum Gasteiger partial charge on any atom is 0.243 e. The Bertz CT molecular complexity index is 1320. The highest BCUT2D eigenvalue weighted by atomic mass is 32.2. The number of hydrogen-bond donors (Lipinski definition) is 1. The van der Waals surface area contributed by atoms with Crippen molar-refractivity contribution < 1.29 is 13.2 Å². The molecule has 2 aliphatic rings. The average molecular weight is 495 g/mol. The van der Waals surface area contributed by atoms with Crippen molar-refractivity contribution in [3.8, 4) is 0 Å². The summed E-state index contributed by atoms with van der Waals surface area (Å²) in [5.74, 6) is 0.773. The molecule has 1 amide bonds. The molecular formula is C27H34N4O3S. The fourth-order valence-electron chi connectivity index (χ4n) is 5.53. The molecule has 1 aromatic heterocycles. The fourth-order valence-corrected chi connectivity index (χ4v) is 7.02. The van der Waals surface area contributed by atoms with Crippen molar-refractivity contribution in [3.63, 3.8) is 0 Å². The van der Waals surface area contributed by atoms with E-state index in [-0.39, 0.29) is 16.7 Å². The lowest BCUT2D eigenvalue weighted by molar-refractivity contribution is -0.126. The number of hydrogen-bond acceptors (Lipinski definition) is 4. The van der Waals surface area contributed by atoms with Crippen molar-refractivity contribution in [2.75, 3.05) is 13.1 Å². The second-order valence-corrected chi connectivity index (χ2v) is 11.9. The number of imidazole rings is 1. The molecule has 0 radical (unpaired) electrons. The summed E-state index contributed by atoms with van der Waals surface area (Å²) in [6.45, 7) is 5.22. The van der Waals surface area contributed by atoms with E-state index in [4.69, 9.17) is 0 Å². The van der Waals surface area contributed by atoms with Crippen LogP contribution in [0, 0.1) is 19.8 Å².